The maximum absolute atomic E-state index is 5.42. The number of aromatic amines is 1. The highest BCUT2D eigenvalue weighted by Crippen LogP contribution is 2.18. The molecule has 0 atom stereocenters. The Balaban J connectivity index is 2.03. The van der Waals surface area contributed by atoms with Gasteiger partial charge in [-0.2, -0.15) is 0 Å². The van der Waals surface area contributed by atoms with Crippen molar-refractivity contribution in [3.63, 3.8) is 0 Å². The zero-order chi connectivity index (χ0) is 12.3. The first-order valence-electron chi connectivity index (χ1n) is 5.47. The molecule has 17 heavy (non-hydrogen) atoms. The molecule has 0 unspecified atom stereocenters. The van der Waals surface area contributed by atoms with Gasteiger partial charge in [0.2, 0.25) is 5.16 Å². The number of nitrogens with zero attached hydrogens (tertiary/aromatic N) is 2. The molecule has 0 fully saturated rings. The number of thioether (sulfide) groups is 1. The van der Waals surface area contributed by atoms with Crippen LogP contribution in [0.2, 0.25) is 0 Å². The molecule has 0 bridgehead atoms. The summed E-state index contributed by atoms with van der Waals surface area (Å²) < 4.78 is 5.42. The molecule has 0 saturated carbocycles. The lowest BCUT2D eigenvalue weighted by molar-refractivity contribution is 0.525. The number of furan rings is 1. The molecule has 2 aromatic rings. The molecule has 0 saturated heterocycles. The molecular weight excluding hydrogens is 234 g/mol. The molecule has 2 heterocycles. The van der Waals surface area contributed by atoms with Crippen LogP contribution < -0.4 is 0 Å². The van der Waals surface area contributed by atoms with Crippen molar-refractivity contribution in [2.45, 2.75) is 31.2 Å². The third-order valence-corrected chi connectivity index (χ3v) is 2.85. The molecule has 1 N–H and O–H groups in total. The van der Waals surface area contributed by atoms with Gasteiger partial charge in [0.15, 0.2) is 0 Å². The number of aromatic nitrogens is 3. The molecule has 4 nitrogen and oxygen atoms in total. The van der Waals surface area contributed by atoms with Crippen LogP contribution in [0.15, 0.2) is 21.7 Å². The van der Waals surface area contributed by atoms with E-state index in [0.717, 1.165) is 22.5 Å². The third-order valence-electron chi connectivity index (χ3n) is 1.99. The highest BCUT2D eigenvalue weighted by Gasteiger charge is 2.04. The molecule has 0 aliphatic heterocycles. The summed E-state index contributed by atoms with van der Waals surface area (Å²) in [6, 6.07) is 3.85. The average Bonchev–Trinajstić information content (AvgIpc) is 2.84. The summed E-state index contributed by atoms with van der Waals surface area (Å²) in [6.45, 7) is 6.15. The van der Waals surface area contributed by atoms with E-state index in [-0.39, 0.29) is 0 Å². The normalized spacial score (nSPS) is 11.8. The van der Waals surface area contributed by atoms with Crippen LogP contribution in [0, 0.1) is 6.92 Å². The van der Waals surface area contributed by atoms with Crippen LogP contribution in [0.1, 0.15) is 31.2 Å². The Bertz CT molecular complexity index is 513. The van der Waals surface area contributed by atoms with E-state index in [4.69, 9.17) is 4.42 Å². The molecule has 0 radical (unpaired) electrons. The smallest absolute Gasteiger partial charge is 0.208 e. The number of H-pyrrole nitrogens is 1. The lowest BCUT2D eigenvalue weighted by Gasteiger charge is -1.96. The number of aryl methyl sites for hydroxylation is 1. The summed E-state index contributed by atoms with van der Waals surface area (Å²) in [6.07, 6.45) is 3.73. The standard InChI is InChI=1S/C12H15N3OS/c1-8(2)17-12-13-11(14-15-12)7-6-10-5-4-9(3)16-10/h4-8H,1-3H3,(H,13,14,15)/b7-6+. The maximum Gasteiger partial charge on any atom is 0.208 e. The topological polar surface area (TPSA) is 54.7 Å². The summed E-state index contributed by atoms with van der Waals surface area (Å²) in [5.41, 5.74) is 0. The van der Waals surface area contributed by atoms with E-state index in [1.807, 2.05) is 31.2 Å². The van der Waals surface area contributed by atoms with Crippen molar-refractivity contribution in [2.75, 3.05) is 0 Å². The minimum absolute atomic E-state index is 0.482. The van der Waals surface area contributed by atoms with Crippen LogP contribution in [0.5, 0.6) is 0 Å². The number of hydrogen-bond acceptors (Lipinski definition) is 4. The molecule has 0 aliphatic rings. The lowest BCUT2D eigenvalue weighted by atomic mass is 10.4. The quantitative estimate of drug-likeness (QED) is 0.844. The second-order valence-corrected chi connectivity index (χ2v) is 5.50. The summed E-state index contributed by atoms with van der Waals surface area (Å²) in [5.74, 6) is 2.46. The molecule has 0 aromatic carbocycles. The zero-order valence-corrected chi connectivity index (χ0v) is 10.9. The molecule has 5 heteroatoms. The Kier molecular flexibility index (Phi) is 3.68. The Hall–Kier alpha value is -1.49. The van der Waals surface area contributed by atoms with Crippen LogP contribution in [0.25, 0.3) is 12.2 Å². The Morgan fingerprint density at radius 2 is 2.18 bits per heavy atom. The fraction of sp³-hybridized carbons (Fsp3) is 0.333. The van der Waals surface area contributed by atoms with Crippen LogP contribution in [0.4, 0.5) is 0 Å². The molecule has 2 aromatic heterocycles. The SMILES string of the molecule is Cc1ccc(/C=C/c2nc(SC(C)C)n[nH]2)o1. The summed E-state index contributed by atoms with van der Waals surface area (Å²) >= 11 is 1.63. The molecule has 90 valence electrons. The van der Waals surface area contributed by atoms with Crippen molar-refractivity contribution in [3.05, 3.63) is 29.5 Å². The number of rotatable bonds is 4. The Morgan fingerprint density at radius 3 is 2.82 bits per heavy atom. The highest BCUT2D eigenvalue weighted by molar-refractivity contribution is 7.99. The summed E-state index contributed by atoms with van der Waals surface area (Å²) in [4.78, 5) is 4.34. The minimum atomic E-state index is 0.482. The monoisotopic (exact) mass is 249 g/mol. The Labute approximate surface area is 105 Å². The number of hydrogen-bond donors (Lipinski definition) is 1. The Morgan fingerprint density at radius 1 is 1.35 bits per heavy atom. The number of nitrogens with one attached hydrogen (secondary N) is 1. The van der Waals surface area contributed by atoms with E-state index in [2.05, 4.69) is 29.0 Å². The molecule has 2 rings (SSSR count). The average molecular weight is 249 g/mol. The van der Waals surface area contributed by atoms with Crippen LogP contribution >= 0.6 is 11.8 Å². The van der Waals surface area contributed by atoms with Gasteiger partial charge in [-0.1, -0.05) is 25.6 Å². The van der Waals surface area contributed by atoms with Crippen molar-refractivity contribution in [1.29, 1.82) is 0 Å². The predicted octanol–water partition coefficient (Wildman–Crippen LogP) is 3.38. The lowest BCUT2D eigenvalue weighted by Crippen LogP contribution is -1.86. The van der Waals surface area contributed by atoms with Gasteiger partial charge in [-0.25, -0.2) is 4.98 Å². The van der Waals surface area contributed by atoms with Crippen molar-refractivity contribution in [1.82, 2.24) is 15.2 Å². The second kappa shape index (κ2) is 5.23. The van der Waals surface area contributed by atoms with Gasteiger partial charge >= 0.3 is 0 Å². The second-order valence-electron chi connectivity index (χ2n) is 3.95. The summed E-state index contributed by atoms with van der Waals surface area (Å²) in [7, 11) is 0. The van der Waals surface area contributed by atoms with E-state index in [0.29, 0.717) is 5.25 Å². The van der Waals surface area contributed by atoms with Gasteiger partial charge in [-0.3, -0.25) is 5.10 Å². The first-order valence-corrected chi connectivity index (χ1v) is 6.35. The largest absolute Gasteiger partial charge is 0.462 e. The third kappa shape index (κ3) is 3.49. The van der Waals surface area contributed by atoms with E-state index in [9.17, 15) is 0 Å². The van der Waals surface area contributed by atoms with Gasteiger partial charge in [0.25, 0.3) is 0 Å². The minimum Gasteiger partial charge on any atom is -0.462 e. The van der Waals surface area contributed by atoms with Crippen molar-refractivity contribution >= 4 is 23.9 Å². The van der Waals surface area contributed by atoms with Crippen molar-refractivity contribution < 1.29 is 4.42 Å². The highest BCUT2D eigenvalue weighted by atomic mass is 32.2. The summed E-state index contributed by atoms with van der Waals surface area (Å²) in [5, 5.41) is 8.25. The molecule has 0 spiro atoms. The van der Waals surface area contributed by atoms with Gasteiger partial charge in [0.05, 0.1) is 0 Å². The van der Waals surface area contributed by atoms with Gasteiger partial charge in [-0.05, 0) is 31.2 Å². The van der Waals surface area contributed by atoms with Gasteiger partial charge in [0.1, 0.15) is 17.3 Å². The predicted molar refractivity (Wildman–Crippen MR) is 69.7 cm³/mol. The fourth-order valence-electron chi connectivity index (χ4n) is 1.30. The van der Waals surface area contributed by atoms with E-state index >= 15 is 0 Å². The molecular formula is C12H15N3OS. The van der Waals surface area contributed by atoms with Crippen LogP contribution in [-0.4, -0.2) is 20.4 Å². The molecule has 0 amide bonds. The van der Waals surface area contributed by atoms with Gasteiger partial charge in [-0.15, -0.1) is 5.10 Å². The van der Waals surface area contributed by atoms with Crippen molar-refractivity contribution in [2.24, 2.45) is 0 Å². The zero-order valence-electron chi connectivity index (χ0n) is 10.1. The molecule has 0 aliphatic carbocycles. The fourth-order valence-corrected chi connectivity index (χ4v) is 1.97. The maximum atomic E-state index is 5.42. The van der Waals surface area contributed by atoms with E-state index in [1.165, 1.54) is 0 Å². The first kappa shape index (κ1) is 12.0. The van der Waals surface area contributed by atoms with Crippen LogP contribution in [-0.2, 0) is 0 Å². The van der Waals surface area contributed by atoms with Gasteiger partial charge < -0.3 is 4.42 Å². The van der Waals surface area contributed by atoms with Gasteiger partial charge in [0, 0.05) is 5.25 Å². The van der Waals surface area contributed by atoms with E-state index < -0.39 is 0 Å². The van der Waals surface area contributed by atoms with Crippen LogP contribution in [0.3, 0.4) is 0 Å². The van der Waals surface area contributed by atoms with E-state index in [1.54, 1.807) is 11.8 Å². The first-order chi connectivity index (χ1) is 8.13. The van der Waals surface area contributed by atoms with Crippen molar-refractivity contribution in [3.8, 4) is 0 Å².